The van der Waals surface area contributed by atoms with Crippen molar-refractivity contribution in [1.29, 1.82) is 0 Å². The number of ether oxygens (including phenoxy) is 1. The molecule has 0 radical (unpaired) electrons. The Hall–Kier alpha value is -1.27. The van der Waals surface area contributed by atoms with Crippen LogP contribution in [0.5, 0.6) is 5.75 Å². The zero-order chi connectivity index (χ0) is 18.2. The van der Waals surface area contributed by atoms with Crippen molar-refractivity contribution in [2.45, 2.75) is 24.2 Å². The first-order valence-electron chi connectivity index (χ1n) is 7.92. The summed E-state index contributed by atoms with van der Waals surface area (Å²) in [4.78, 5) is 0.117. The molecule has 0 saturated carbocycles. The topological polar surface area (TPSA) is 46.6 Å². The SMILES string of the molecule is COc1ccc(C2CCN(S(=O)(=O)c3cc(C)c(Cl)cc3Cl)C2)cc1. The Morgan fingerprint density at radius 2 is 1.80 bits per heavy atom. The van der Waals surface area contributed by atoms with Crippen LogP contribution in [0, 0.1) is 6.92 Å². The van der Waals surface area contributed by atoms with E-state index in [0.717, 1.165) is 17.7 Å². The Morgan fingerprint density at radius 1 is 1.12 bits per heavy atom. The minimum Gasteiger partial charge on any atom is -0.497 e. The first-order chi connectivity index (χ1) is 11.8. The van der Waals surface area contributed by atoms with E-state index in [4.69, 9.17) is 27.9 Å². The number of hydrogen-bond acceptors (Lipinski definition) is 3. The van der Waals surface area contributed by atoms with Gasteiger partial charge in [-0.05, 0) is 54.7 Å². The molecule has 1 heterocycles. The maximum absolute atomic E-state index is 13.0. The zero-order valence-corrected chi connectivity index (χ0v) is 16.3. The summed E-state index contributed by atoms with van der Waals surface area (Å²) in [6.45, 7) is 2.67. The smallest absolute Gasteiger partial charge is 0.244 e. The van der Waals surface area contributed by atoms with Gasteiger partial charge in [0.2, 0.25) is 10.0 Å². The third-order valence-corrected chi connectivity index (χ3v) is 7.31. The summed E-state index contributed by atoms with van der Waals surface area (Å²) >= 11 is 12.2. The van der Waals surface area contributed by atoms with Crippen LogP contribution in [0.3, 0.4) is 0 Å². The fraction of sp³-hybridized carbons (Fsp3) is 0.333. The molecule has 0 aliphatic carbocycles. The van der Waals surface area contributed by atoms with Crippen LogP contribution < -0.4 is 4.74 Å². The normalized spacial score (nSPS) is 18.5. The molecule has 1 atom stereocenters. The number of sulfonamides is 1. The number of methoxy groups -OCH3 is 1. The minimum absolute atomic E-state index is 0.117. The van der Waals surface area contributed by atoms with E-state index in [-0.39, 0.29) is 15.8 Å². The quantitative estimate of drug-likeness (QED) is 0.760. The molecule has 25 heavy (non-hydrogen) atoms. The summed E-state index contributed by atoms with van der Waals surface area (Å²) < 4.78 is 32.6. The van der Waals surface area contributed by atoms with Gasteiger partial charge in [0.15, 0.2) is 0 Å². The first kappa shape index (κ1) is 18.5. The first-order valence-corrected chi connectivity index (χ1v) is 10.1. The van der Waals surface area contributed by atoms with Crippen LogP contribution in [0.1, 0.15) is 23.5 Å². The van der Waals surface area contributed by atoms with Gasteiger partial charge in [0.25, 0.3) is 0 Å². The van der Waals surface area contributed by atoms with Gasteiger partial charge < -0.3 is 4.74 Å². The lowest BCUT2D eigenvalue weighted by Gasteiger charge is -2.18. The number of aryl methyl sites for hydroxylation is 1. The Morgan fingerprint density at radius 3 is 2.44 bits per heavy atom. The van der Waals surface area contributed by atoms with Crippen LogP contribution in [0.4, 0.5) is 0 Å². The van der Waals surface area contributed by atoms with Gasteiger partial charge in [0.1, 0.15) is 10.6 Å². The van der Waals surface area contributed by atoms with Crippen molar-refractivity contribution in [2.24, 2.45) is 0 Å². The summed E-state index contributed by atoms with van der Waals surface area (Å²) in [5.41, 5.74) is 1.80. The number of rotatable bonds is 4. The molecule has 0 N–H and O–H groups in total. The van der Waals surface area contributed by atoms with E-state index in [9.17, 15) is 8.42 Å². The molecule has 2 aromatic carbocycles. The second kappa shape index (κ2) is 7.16. The van der Waals surface area contributed by atoms with E-state index in [1.54, 1.807) is 20.1 Å². The molecule has 1 fully saturated rings. The molecule has 1 saturated heterocycles. The standard InChI is InChI=1S/C18H19Cl2NO3S/c1-12-9-18(17(20)10-16(12)19)25(22,23)21-8-7-14(11-21)13-3-5-15(24-2)6-4-13/h3-6,9-10,14H,7-8,11H2,1-2H3. The van der Waals surface area contributed by atoms with Crippen LogP contribution in [0.2, 0.25) is 10.0 Å². The average molecular weight is 400 g/mol. The molecular formula is C18H19Cl2NO3S. The van der Waals surface area contributed by atoms with Crippen molar-refractivity contribution >= 4 is 33.2 Å². The number of halogens is 2. The van der Waals surface area contributed by atoms with E-state index >= 15 is 0 Å². The molecule has 2 aromatic rings. The van der Waals surface area contributed by atoms with Gasteiger partial charge >= 0.3 is 0 Å². The van der Waals surface area contributed by atoms with E-state index in [0.29, 0.717) is 23.7 Å². The predicted molar refractivity (Wildman–Crippen MR) is 100 cm³/mol. The molecule has 3 rings (SSSR count). The Labute approximate surface area is 158 Å². The third kappa shape index (κ3) is 3.65. The Bertz CT molecular complexity index is 882. The fourth-order valence-corrected chi connectivity index (χ4v) is 5.37. The lowest BCUT2D eigenvalue weighted by molar-refractivity contribution is 0.414. The van der Waals surface area contributed by atoms with Gasteiger partial charge in [-0.25, -0.2) is 8.42 Å². The highest BCUT2D eigenvalue weighted by Gasteiger charge is 2.34. The lowest BCUT2D eigenvalue weighted by atomic mass is 9.99. The van der Waals surface area contributed by atoms with Crippen molar-refractivity contribution in [2.75, 3.05) is 20.2 Å². The molecule has 0 aromatic heterocycles. The molecular weight excluding hydrogens is 381 g/mol. The van der Waals surface area contributed by atoms with Gasteiger partial charge in [0.05, 0.1) is 12.1 Å². The summed E-state index contributed by atoms with van der Waals surface area (Å²) in [6, 6.07) is 10.8. The largest absolute Gasteiger partial charge is 0.497 e. The summed E-state index contributed by atoms with van der Waals surface area (Å²) in [5, 5.41) is 0.616. The van der Waals surface area contributed by atoms with E-state index < -0.39 is 10.0 Å². The predicted octanol–water partition coefficient (Wildman–Crippen LogP) is 4.49. The lowest BCUT2D eigenvalue weighted by Crippen LogP contribution is -2.29. The van der Waals surface area contributed by atoms with Crippen molar-refractivity contribution in [3.8, 4) is 5.75 Å². The highest BCUT2D eigenvalue weighted by Crippen LogP contribution is 2.35. The molecule has 1 unspecified atom stereocenters. The fourth-order valence-electron chi connectivity index (χ4n) is 3.06. The second-order valence-corrected chi connectivity index (χ2v) is 8.87. The Kier molecular flexibility index (Phi) is 5.30. The monoisotopic (exact) mass is 399 g/mol. The van der Waals surface area contributed by atoms with E-state index in [1.165, 1.54) is 10.4 Å². The zero-order valence-electron chi connectivity index (χ0n) is 14.0. The van der Waals surface area contributed by atoms with Gasteiger partial charge in [-0.2, -0.15) is 4.31 Å². The summed E-state index contributed by atoms with van der Waals surface area (Å²) in [6.07, 6.45) is 0.774. The number of hydrogen-bond donors (Lipinski definition) is 0. The molecule has 1 aliphatic heterocycles. The average Bonchev–Trinajstić information content (AvgIpc) is 3.09. The highest BCUT2D eigenvalue weighted by molar-refractivity contribution is 7.89. The molecule has 7 heteroatoms. The minimum atomic E-state index is -3.64. The van der Waals surface area contributed by atoms with Crippen LogP contribution >= 0.6 is 23.2 Å². The maximum Gasteiger partial charge on any atom is 0.244 e. The Balaban J connectivity index is 1.84. The molecule has 4 nitrogen and oxygen atoms in total. The van der Waals surface area contributed by atoms with Crippen molar-refractivity contribution in [3.05, 3.63) is 57.6 Å². The van der Waals surface area contributed by atoms with Gasteiger partial charge in [-0.15, -0.1) is 0 Å². The van der Waals surface area contributed by atoms with Crippen LogP contribution in [-0.4, -0.2) is 32.9 Å². The van der Waals surface area contributed by atoms with Crippen LogP contribution in [0.15, 0.2) is 41.3 Å². The van der Waals surface area contributed by atoms with Gasteiger partial charge in [0, 0.05) is 18.1 Å². The van der Waals surface area contributed by atoms with E-state index in [1.807, 2.05) is 24.3 Å². The number of benzene rings is 2. The summed E-state index contributed by atoms with van der Waals surface area (Å²) in [5.74, 6) is 0.947. The summed E-state index contributed by atoms with van der Waals surface area (Å²) in [7, 11) is -2.02. The molecule has 0 amide bonds. The van der Waals surface area contributed by atoms with Crippen LogP contribution in [0.25, 0.3) is 0 Å². The second-order valence-electron chi connectivity index (χ2n) is 6.15. The van der Waals surface area contributed by atoms with Gasteiger partial charge in [-0.3, -0.25) is 0 Å². The van der Waals surface area contributed by atoms with Crippen LogP contribution in [-0.2, 0) is 10.0 Å². The molecule has 0 bridgehead atoms. The molecule has 1 aliphatic rings. The maximum atomic E-state index is 13.0. The molecule has 0 spiro atoms. The van der Waals surface area contributed by atoms with Crippen molar-refractivity contribution in [3.63, 3.8) is 0 Å². The van der Waals surface area contributed by atoms with E-state index in [2.05, 4.69) is 0 Å². The molecule has 134 valence electrons. The third-order valence-electron chi connectivity index (χ3n) is 4.57. The number of nitrogens with zero attached hydrogens (tertiary/aromatic N) is 1. The van der Waals surface area contributed by atoms with Crippen molar-refractivity contribution < 1.29 is 13.2 Å². The highest BCUT2D eigenvalue weighted by atomic mass is 35.5. The van der Waals surface area contributed by atoms with Crippen molar-refractivity contribution in [1.82, 2.24) is 4.31 Å². The van der Waals surface area contributed by atoms with Gasteiger partial charge in [-0.1, -0.05) is 35.3 Å².